The highest BCUT2D eigenvalue weighted by Crippen LogP contribution is 2.17. The van der Waals surface area contributed by atoms with Crippen molar-refractivity contribution in [1.29, 1.82) is 10.8 Å². The zero-order valence-corrected chi connectivity index (χ0v) is 52.3. The largest absolute Gasteiger partial charge is 0.494 e. The first-order valence-electron chi connectivity index (χ1n) is 29.6. The standard InChI is InChI=1S/C19H24N4O2.C19H36O4.C19H34O4.2C2H6O4S/c20-18(21)14-4-8-16(9-5-14)24-12-2-1-3-13-25-17-10-6-15(7-11-17)19(22)23;2*1-3-4-5-6-7-8-9-10-11-12-13-14-18(21)15-19(22)16-23-17(2)20;2*3-1-2-7(4,5)6/h4-11H,1-3,12-13H2,(H3,20,21)(H3,22,23);3,18-19,21-22H,1,4-16H2,2H3;1,18-19,21-22H,4-16H2,2H3;2*3H,1-2H2,(H,4,5,6). The maximum Gasteiger partial charge on any atom is 0.302 e. The second-order valence-electron chi connectivity index (χ2n) is 20.3. The highest BCUT2D eigenvalue weighted by Gasteiger charge is 2.14. The fraction of sp³-hybridized carbons (Fsp3) is 0.672. The minimum atomic E-state index is -3.92. The molecular weight excluding hydrogens is 1140 g/mol. The van der Waals surface area contributed by atoms with Gasteiger partial charge >= 0.3 is 11.9 Å². The lowest BCUT2D eigenvalue weighted by atomic mass is 10.0. The lowest BCUT2D eigenvalue weighted by Crippen LogP contribution is -2.23. The van der Waals surface area contributed by atoms with Crippen molar-refractivity contribution in [3.63, 3.8) is 0 Å². The molecule has 4 atom stereocenters. The number of carbonyl (C=O) groups excluding carboxylic acids is 2. The maximum absolute atomic E-state index is 10.6. The molecule has 2 aromatic carbocycles. The minimum absolute atomic E-state index is 0.0286. The Morgan fingerprint density at radius 2 is 0.847 bits per heavy atom. The summed E-state index contributed by atoms with van der Waals surface area (Å²) in [4.78, 5) is 21.2. The predicted octanol–water partition coefficient (Wildman–Crippen LogP) is 8.34. The van der Waals surface area contributed by atoms with Crippen LogP contribution in [0.25, 0.3) is 0 Å². The Morgan fingerprint density at radius 3 is 1.12 bits per heavy atom. The first kappa shape index (κ1) is 84.0. The number of allylic oxidation sites excluding steroid dienone is 1. The van der Waals surface area contributed by atoms with Crippen molar-refractivity contribution >= 4 is 43.8 Å². The van der Waals surface area contributed by atoms with Crippen LogP contribution in [0.1, 0.15) is 198 Å². The van der Waals surface area contributed by atoms with Gasteiger partial charge in [0.2, 0.25) is 0 Å². The van der Waals surface area contributed by atoms with E-state index in [1.807, 2.05) is 30.3 Å². The number of hydrogen-bond donors (Lipinski definition) is 12. The predicted molar refractivity (Wildman–Crippen MR) is 334 cm³/mol. The molecule has 490 valence electrons. The monoisotopic (exact) mass is 1250 g/mol. The molecule has 0 aliphatic heterocycles. The second-order valence-corrected chi connectivity index (χ2v) is 23.5. The van der Waals surface area contributed by atoms with Crippen LogP contribution < -0.4 is 20.9 Å². The van der Waals surface area contributed by atoms with Crippen LogP contribution in [-0.4, -0.2) is 156 Å². The van der Waals surface area contributed by atoms with Gasteiger partial charge in [0.05, 0.1) is 62.3 Å². The third-order valence-corrected chi connectivity index (χ3v) is 13.6. The van der Waals surface area contributed by atoms with Crippen molar-refractivity contribution in [3.05, 3.63) is 72.3 Å². The SMILES string of the molecule is C#CCCCCCCCCCCCC(O)CC(O)COC(C)=O.C=CCCCCCCCCCCCC(O)CC(O)COC(C)=O.N=C(N)c1ccc(OCCCCCOc2ccc(C(=N)N)cc2)cc1.O=S(=O)(O)CCO.O=S(=O)(O)CCO. The molecule has 0 aliphatic rings. The van der Waals surface area contributed by atoms with Gasteiger partial charge in [-0.1, -0.05) is 109 Å². The van der Waals surface area contributed by atoms with Gasteiger partial charge in [-0.3, -0.25) is 29.5 Å². The molecule has 2 rings (SSSR count). The summed E-state index contributed by atoms with van der Waals surface area (Å²) >= 11 is 0. The molecule has 0 aliphatic carbocycles. The number of terminal acetylenes is 1. The van der Waals surface area contributed by atoms with E-state index >= 15 is 0 Å². The Kier molecular flexibility index (Phi) is 55.9. The van der Waals surface area contributed by atoms with E-state index in [9.17, 15) is 46.9 Å². The lowest BCUT2D eigenvalue weighted by Gasteiger charge is -2.15. The molecule has 4 unspecified atom stereocenters. The summed E-state index contributed by atoms with van der Waals surface area (Å²) in [6.45, 7) is 6.52. The number of benzene rings is 2. The van der Waals surface area contributed by atoms with Crippen molar-refractivity contribution in [2.75, 3.05) is 51.1 Å². The van der Waals surface area contributed by atoms with E-state index in [1.54, 1.807) is 24.3 Å². The molecule has 0 saturated heterocycles. The number of esters is 2. The highest BCUT2D eigenvalue weighted by atomic mass is 32.2. The molecule has 0 fully saturated rings. The minimum Gasteiger partial charge on any atom is -0.494 e. The van der Waals surface area contributed by atoms with E-state index in [-0.39, 0.29) is 37.7 Å². The van der Waals surface area contributed by atoms with E-state index in [1.165, 1.54) is 97.3 Å². The third-order valence-electron chi connectivity index (χ3n) is 12.2. The summed E-state index contributed by atoms with van der Waals surface area (Å²) in [6.07, 6.45) is 33.4. The van der Waals surface area contributed by atoms with Crippen molar-refractivity contribution < 1.29 is 85.1 Å². The number of aliphatic hydroxyl groups excluding tert-OH is 6. The molecule has 22 nitrogen and oxygen atoms in total. The van der Waals surface area contributed by atoms with Crippen LogP contribution in [0.15, 0.2) is 61.2 Å². The molecule has 0 amide bonds. The summed E-state index contributed by atoms with van der Waals surface area (Å²) in [5.41, 5.74) is 12.2. The number of carbonyl (C=O) groups is 2. The summed E-state index contributed by atoms with van der Waals surface area (Å²) in [6, 6.07) is 14.4. The molecule has 14 N–H and O–H groups in total. The number of nitrogen functional groups attached to an aromatic ring is 2. The van der Waals surface area contributed by atoms with E-state index in [0.717, 1.165) is 75.7 Å². The average Bonchev–Trinajstić information content (AvgIpc) is 3.46. The van der Waals surface area contributed by atoms with Gasteiger partial charge in [-0.25, -0.2) is 0 Å². The normalized spacial score (nSPS) is 12.2. The van der Waals surface area contributed by atoms with Gasteiger partial charge in [0.15, 0.2) is 0 Å². The summed E-state index contributed by atoms with van der Waals surface area (Å²) < 4.78 is 74.9. The van der Waals surface area contributed by atoms with Crippen molar-refractivity contribution in [3.8, 4) is 23.8 Å². The molecule has 2 aromatic rings. The van der Waals surface area contributed by atoms with Crippen LogP contribution in [0.2, 0.25) is 0 Å². The first-order chi connectivity index (χ1) is 40.3. The molecule has 0 saturated carbocycles. The highest BCUT2D eigenvalue weighted by molar-refractivity contribution is 7.86. The Morgan fingerprint density at radius 1 is 0.541 bits per heavy atom. The van der Waals surface area contributed by atoms with Crippen LogP contribution in [0, 0.1) is 23.2 Å². The van der Waals surface area contributed by atoms with Gasteiger partial charge in [-0.15, -0.1) is 18.9 Å². The molecule has 0 aromatic heterocycles. The Hall–Kier alpha value is -5.20. The Bertz CT molecular complexity index is 2160. The number of unbranched alkanes of at least 4 members (excludes halogenated alkanes) is 20. The van der Waals surface area contributed by atoms with Crippen LogP contribution in [0.4, 0.5) is 0 Å². The van der Waals surface area contributed by atoms with Crippen molar-refractivity contribution in [1.82, 2.24) is 0 Å². The van der Waals surface area contributed by atoms with Crippen LogP contribution in [0.3, 0.4) is 0 Å². The van der Waals surface area contributed by atoms with Crippen molar-refractivity contribution in [2.45, 2.75) is 212 Å². The Balaban J connectivity index is -0.00000106. The molecule has 85 heavy (non-hydrogen) atoms. The van der Waals surface area contributed by atoms with Crippen molar-refractivity contribution in [2.24, 2.45) is 11.5 Å². The quantitative estimate of drug-likeness (QED) is 0.00563. The number of aliphatic hydroxyl groups is 6. The zero-order chi connectivity index (χ0) is 64.6. The third kappa shape index (κ3) is 64.6. The fourth-order valence-electron chi connectivity index (χ4n) is 7.63. The van der Waals surface area contributed by atoms with E-state index in [4.69, 9.17) is 67.0 Å². The van der Waals surface area contributed by atoms with E-state index in [2.05, 4.69) is 12.5 Å². The maximum atomic E-state index is 10.6. The summed E-state index contributed by atoms with van der Waals surface area (Å²) in [5.74, 6) is 2.39. The average molecular weight is 1250 g/mol. The number of hydrogen-bond acceptors (Lipinski definition) is 18. The van der Waals surface area contributed by atoms with Gasteiger partial charge in [-0.2, -0.15) is 16.8 Å². The topological polar surface area (TPSA) is 401 Å². The second kappa shape index (κ2) is 56.6. The molecule has 0 spiro atoms. The zero-order valence-electron chi connectivity index (χ0n) is 50.7. The molecule has 24 heteroatoms. The summed E-state index contributed by atoms with van der Waals surface area (Å²) in [5, 5.41) is 69.2. The number of nitrogens with two attached hydrogens (primary N) is 2. The summed E-state index contributed by atoms with van der Waals surface area (Å²) in [7, 11) is -7.85. The van der Waals surface area contributed by atoms with Gasteiger partial charge in [0.1, 0.15) is 36.4 Å². The lowest BCUT2D eigenvalue weighted by molar-refractivity contribution is -0.145. The van der Waals surface area contributed by atoms with Gasteiger partial charge < -0.3 is 61.1 Å². The van der Waals surface area contributed by atoms with E-state index in [0.29, 0.717) is 37.2 Å². The van der Waals surface area contributed by atoms with Gasteiger partial charge in [-0.05, 0) is 99.9 Å². The molecule has 0 heterocycles. The molecule has 0 bridgehead atoms. The van der Waals surface area contributed by atoms with Gasteiger partial charge in [0, 0.05) is 44.2 Å². The van der Waals surface area contributed by atoms with Gasteiger partial charge in [0.25, 0.3) is 20.2 Å². The number of amidine groups is 2. The smallest absolute Gasteiger partial charge is 0.302 e. The first-order valence-corrected chi connectivity index (χ1v) is 32.8. The van der Waals surface area contributed by atoms with Crippen LogP contribution >= 0.6 is 0 Å². The fourth-order valence-corrected chi connectivity index (χ4v) is 8.09. The van der Waals surface area contributed by atoms with Crippen LogP contribution in [0.5, 0.6) is 11.5 Å². The number of rotatable bonds is 45. The molecular formula is C61H106N4O18S2. The molecule has 0 radical (unpaired) electrons. The van der Waals surface area contributed by atoms with E-state index < -0.39 is 81.3 Å². The van der Waals surface area contributed by atoms with Crippen LogP contribution in [-0.2, 0) is 39.3 Å². The Labute approximate surface area is 508 Å². The number of ether oxygens (including phenoxy) is 4. The number of nitrogens with one attached hydrogen (secondary N) is 2.